The largest absolute Gasteiger partial charge is 0.489 e. The lowest BCUT2D eigenvalue weighted by Crippen LogP contribution is -2.42. The molecule has 4 amide bonds. The third-order valence-electron chi connectivity index (χ3n) is 3.51. The fourth-order valence-electron chi connectivity index (χ4n) is 2.28. The van der Waals surface area contributed by atoms with Crippen LogP contribution in [0.25, 0.3) is 0 Å². The molecule has 0 aromatic heterocycles. The van der Waals surface area contributed by atoms with E-state index in [4.69, 9.17) is 10.5 Å². The molecular formula is C16H19N3O4. The van der Waals surface area contributed by atoms with E-state index in [-0.39, 0.29) is 0 Å². The first-order valence-corrected chi connectivity index (χ1v) is 7.04. The summed E-state index contributed by atoms with van der Waals surface area (Å²) in [7, 11) is 0. The van der Waals surface area contributed by atoms with E-state index in [1.807, 2.05) is 6.92 Å². The molecule has 23 heavy (non-hydrogen) atoms. The van der Waals surface area contributed by atoms with Gasteiger partial charge in [0, 0.05) is 0 Å². The van der Waals surface area contributed by atoms with Crippen molar-refractivity contribution in [2.45, 2.75) is 19.4 Å². The molecule has 7 heteroatoms. The highest BCUT2D eigenvalue weighted by Gasteiger charge is 2.49. The van der Waals surface area contributed by atoms with Crippen molar-refractivity contribution in [2.24, 2.45) is 5.73 Å². The molecule has 1 aliphatic heterocycles. The molecular weight excluding hydrogens is 298 g/mol. The maximum absolute atomic E-state index is 12.5. The van der Waals surface area contributed by atoms with Gasteiger partial charge in [-0.05, 0) is 37.1 Å². The molecule has 0 saturated carbocycles. The Hall–Kier alpha value is -2.83. The summed E-state index contributed by atoms with van der Waals surface area (Å²) < 4.78 is 5.50. The van der Waals surface area contributed by atoms with Crippen LogP contribution in [0.2, 0.25) is 0 Å². The number of rotatable bonds is 6. The van der Waals surface area contributed by atoms with E-state index in [2.05, 4.69) is 11.9 Å². The Morgan fingerprint density at radius 3 is 2.48 bits per heavy atom. The van der Waals surface area contributed by atoms with Crippen LogP contribution in [0.5, 0.6) is 5.75 Å². The highest BCUT2D eigenvalue weighted by Crippen LogP contribution is 2.29. The minimum atomic E-state index is -1.24. The van der Waals surface area contributed by atoms with Crippen LogP contribution in [0.4, 0.5) is 4.79 Å². The third kappa shape index (κ3) is 3.33. The monoisotopic (exact) mass is 317 g/mol. The van der Waals surface area contributed by atoms with Gasteiger partial charge in [0.25, 0.3) is 5.91 Å². The molecule has 0 spiro atoms. The number of imide groups is 1. The molecule has 0 aliphatic carbocycles. The van der Waals surface area contributed by atoms with Crippen LogP contribution in [0.3, 0.4) is 0 Å². The highest BCUT2D eigenvalue weighted by atomic mass is 16.5. The van der Waals surface area contributed by atoms with Crippen LogP contribution < -0.4 is 15.8 Å². The number of amides is 4. The van der Waals surface area contributed by atoms with Gasteiger partial charge in [0.2, 0.25) is 5.91 Å². The standard InChI is InChI=1S/C16H19N3O4/c1-10(2)9-23-12-6-4-11(5-7-12)16(3)14(21)19(8-13(17)20)15(22)18-16/h4-7H,1,8-9H2,2-3H3,(H2,17,20)(H,18,22). The van der Waals surface area contributed by atoms with E-state index < -0.39 is 29.9 Å². The van der Waals surface area contributed by atoms with Crippen molar-refractivity contribution in [3.05, 3.63) is 42.0 Å². The lowest BCUT2D eigenvalue weighted by molar-refractivity contribution is -0.134. The van der Waals surface area contributed by atoms with Crippen molar-refractivity contribution < 1.29 is 19.1 Å². The van der Waals surface area contributed by atoms with Gasteiger partial charge in [0.1, 0.15) is 24.4 Å². The zero-order valence-electron chi connectivity index (χ0n) is 13.1. The molecule has 122 valence electrons. The number of carbonyl (C=O) groups is 3. The van der Waals surface area contributed by atoms with Crippen LogP contribution in [0.15, 0.2) is 36.4 Å². The molecule has 0 bridgehead atoms. The molecule has 1 unspecified atom stereocenters. The first kappa shape index (κ1) is 16.5. The summed E-state index contributed by atoms with van der Waals surface area (Å²) in [4.78, 5) is 36.2. The minimum Gasteiger partial charge on any atom is -0.489 e. The topological polar surface area (TPSA) is 102 Å². The zero-order valence-corrected chi connectivity index (χ0v) is 13.1. The number of benzene rings is 1. The van der Waals surface area contributed by atoms with Gasteiger partial charge in [-0.1, -0.05) is 18.7 Å². The number of nitrogens with zero attached hydrogens (tertiary/aromatic N) is 1. The maximum Gasteiger partial charge on any atom is 0.325 e. The summed E-state index contributed by atoms with van der Waals surface area (Å²) in [5.41, 5.74) is 5.31. The third-order valence-corrected chi connectivity index (χ3v) is 3.51. The number of carbonyl (C=O) groups excluding carboxylic acids is 3. The normalized spacial score (nSPS) is 20.3. The molecule has 3 N–H and O–H groups in total. The van der Waals surface area contributed by atoms with Gasteiger partial charge in [-0.3, -0.25) is 14.5 Å². The number of ether oxygens (including phenoxy) is 1. The van der Waals surface area contributed by atoms with Gasteiger partial charge < -0.3 is 15.8 Å². The predicted molar refractivity (Wildman–Crippen MR) is 83.5 cm³/mol. The van der Waals surface area contributed by atoms with E-state index in [1.165, 1.54) is 0 Å². The van der Waals surface area contributed by atoms with Crippen molar-refractivity contribution >= 4 is 17.8 Å². The Labute approximate surface area is 134 Å². The molecule has 1 heterocycles. The second-order valence-corrected chi connectivity index (χ2v) is 5.68. The van der Waals surface area contributed by atoms with Crippen molar-refractivity contribution in [1.82, 2.24) is 10.2 Å². The average molecular weight is 317 g/mol. The highest BCUT2D eigenvalue weighted by molar-refractivity contribution is 6.09. The second-order valence-electron chi connectivity index (χ2n) is 5.68. The Kier molecular flexibility index (Phi) is 4.40. The van der Waals surface area contributed by atoms with Crippen LogP contribution in [-0.2, 0) is 15.1 Å². The van der Waals surface area contributed by atoms with Gasteiger partial charge >= 0.3 is 6.03 Å². The summed E-state index contributed by atoms with van der Waals surface area (Å²) in [5.74, 6) is -0.635. The van der Waals surface area contributed by atoms with Crippen LogP contribution in [0.1, 0.15) is 19.4 Å². The molecule has 1 atom stereocenters. The predicted octanol–water partition coefficient (Wildman–Crippen LogP) is 0.894. The van der Waals surface area contributed by atoms with Crippen LogP contribution in [-0.4, -0.2) is 35.9 Å². The fraction of sp³-hybridized carbons (Fsp3) is 0.312. The first-order valence-electron chi connectivity index (χ1n) is 7.04. The SMILES string of the molecule is C=C(C)COc1ccc(C2(C)NC(=O)N(CC(N)=O)C2=O)cc1. The number of hydrogen-bond acceptors (Lipinski definition) is 4. The quantitative estimate of drug-likeness (QED) is 0.601. The summed E-state index contributed by atoms with van der Waals surface area (Å²) in [6.45, 7) is 7.15. The number of nitrogens with two attached hydrogens (primary N) is 1. The number of nitrogens with one attached hydrogen (secondary N) is 1. The zero-order chi connectivity index (χ0) is 17.2. The van der Waals surface area contributed by atoms with Crippen molar-refractivity contribution in [1.29, 1.82) is 0 Å². The number of urea groups is 1. The molecule has 2 rings (SSSR count). The van der Waals surface area contributed by atoms with Gasteiger partial charge in [0.15, 0.2) is 0 Å². The van der Waals surface area contributed by atoms with Crippen LogP contribution in [0, 0.1) is 0 Å². The molecule has 1 aromatic rings. The molecule has 1 aliphatic rings. The summed E-state index contributed by atoms with van der Waals surface area (Å²) in [6.07, 6.45) is 0. The average Bonchev–Trinajstić information content (AvgIpc) is 2.70. The van der Waals surface area contributed by atoms with Gasteiger partial charge in [-0.2, -0.15) is 0 Å². The Balaban J connectivity index is 2.20. The molecule has 7 nitrogen and oxygen atoms in total. The van der Waals surface area contributed by atoms with E-state index in [9.17, 15) is 14.4 Å². The minimum absolute atomic E-state index is 0.401. The molecule has 1 fully saturated rings. The number of primary amides is 1. The fourth-order valence-corrected chi connectivity index (χ4v) is 2.28. The van der Waals surface area contributed by atoms with Crippen molar-refractivity contribution in [3.63, 3.8) is 0 Å². The van der Waals surface area contributed by atoms with Crippen molar-refractivity contribution in [3.8, 4) is 5.75 Å². The maximum atomic E-state index is 12.5. The molecule has 1 aromatic carbocycles. The number of hydrogen-bond donors (Lipinski definition) is 2. The Morgan fingerprint density at radius 1 is 1.35 bits per heavy atom. The van der Waals surface area contributed by atoms with Gasteiger partial charge in [-0.15, -0.1) is 0 Å². The van der Waals surface area contributed by atoms with Crippen molar-refractivity contribution in [2.75, 3.05) is 13.2 Å². The molecule has 0 radical (unpaired) electrons. The summed E-state index contributed by atoms with van der Waals surface area (Å²) in [6, 6.07) is 6.16. The summed E-state index contributed by atoms with van der Waals surface area (Å²) >= 11 is 0. The second kappa shape index (κ2) is 6.12. The van der Waals surface area contributed by atoms with Gasteiger partial charge in [-0.25, -0.2) is 4.79 Å². The lowest BCUT2D eigenvalue weighted by atomic mass is 9.92. The summed E-state index contributed by atoms with van der Waals surface area (Å²) in [5, 5.41) is 2.60. The van der Waals surface area contributed by atoms with Gasteiger partial charge in [0.05, 0.1) is 0 Å². The lowest BCUT2D eigenvalue weighted by Gasteiger charge is -2.22. The Morgan fingerprint density at radius 2 is 1.96 bits per heavy atom. The Bertz CT molecular complexity index is 668. The molecule has 1 saturated heterocycles. The van der Waals surface area contributed by atoms with E-state index >= 15 is 0 Å². The smallest absolute Gasteiger partial charge is 0.325 e. The van der Waals surface area contributed by atoms with E-state index in [0.717, 1.165) is 10.5 Å². The first-order chi connectivity index (χ1) is 10.7. The van der Waals surface area contributed by atoms with E-state index in [0.29, 0.717) is 17.9 Å². The van der Waals surface area contributed by atoms with Crippen LogP contribution >= 0.6 is 0 Å². The van der Waals surface area contributed by atoms with E-state index in [1.54, 1.807) is 31.2 Å².